The number of nitrogens with zero attached hydrogens (tertiary/aromatic N) is 6. The Bertz CT molecular complexity index is 1540. The lowest BCUT2D eigenvalue weighted by Crippen LogP contribution is -2.38. The van der Waals surface area contributed by atoms with Crippen molar-refractivity contribution in [3.05, 3.63) is 73.9 Å². The first-order valence-electron chi connectivity index (χ1n) is 10.4. The van der Waals surface area contributed by atoms with Crippen LogP contribution in [-0.2, 0) is 32.0 Å². The first kappa shape index (κ1) is 22.7. The van der Waals surface area contributed by atoms with Crippen LogP contribution in [0.25, 0.3) is 22.4 Å². The average Bonchev–Trinajstić information content (AvgIpc) is 3.26. The number of hydrogen-bond acceptors (Lipinski definition) is 7. The quantitative estimate of drug-likeness (QED) is 0.388. The molecule has 0 saturated heterocycles. The number of aryl methyl sites for hydroxylation is 1. The molecule has 1 aromatic carbocycles. The molecular formula is C22H23N7O5. The first-order chi connectivity index (χ1) is 16.3. The first-order valence-corrected chi connectivity index (χ1v) is 10.4. The molecule has 3 aromatic heterocycles. The van der Waals surface area contributed by atoms with Gasteiger partial charge in [0.15, 0.2) is 11.2 Å². The minimum absolute atomic E-state index is 0.154. The van der Waals surface area contributed by atoms with E-state index in [0.717, 1.165) is 10.1 Å². The second kappa shape index (κ2) is 9.17. The molecule has 0 radical (unpaired) electrons. The predicted molar refractivity (Wildman–Crippen MR) is 124 cm³/mol. The van der Waals surface area contributed by atoms with Gasteiger partial charge in [-0.25, -0.2) is 14.5 Å². The standard InChI is InChI=1S/C22H23N7O5/c1-26-20-19(21(32)27(2)22(26)33)28(13-24-20)12-17(30)23-10-11-29-18(31)9-8-16(25-29)14-4-6-15(34-3)7-5-14/h4-9,13H,10-12H2,1-3H3,(H,23,30). The molecule has 0 atom stereocenters. The summed E-state index contributed by atoms with van der Waals surface area (Å²) in [5.74, 6) is 0.333. The monoisotopic (exact) mass is 465 g/mol. The van der Waals surface area contributed by atoms with Crippen molar-refractivity contribution in [2.75, 3.05) is 13.7 Å². The fourth-order valence-corrected chi connectivity index (χ4v) is 3.55. The highest BCUT2D eigenvalue weighted by Crippen LogP contribution is 2.19. The number of methoxy groups -OCH3 is 1. The lowest BCUT2D eigenvalue weighted by atomic mass is 10.1. The third-order valence-corrected chi connectivity index (χ3v) is 5.43. The largest absolute Gasteiger partial charge is 0.497 e. The lowest BCUT2D eigenvalue weighted by Gasteiger charge is -2.10. The van der Waals surface area contributed by atoms with Crippen molar-refractivity contribution in [3.8, 4) is 17.0 Å². The van der Waals surface area contributed by atoms with Crippen molar-refractivity contribution < 1.29 is 9.53 Å². The van der Waals surface area contributed by atoms with Gasteiger partial charge in [-0.3, -0.25) is 23.5 Å². The van der Waals surface area contributed by atoms with Crippen molar-refractivity contribution >= 4 is 17.1 Å². The van der Waals surface area contributed by atoms with E-state index in [2.05, 4.69) is 15.4 Å². The van der Waals surface area contributed by atoms with Crippen LogP contribution in [0.1, 0.15) is 0 Å². The Morgan fingerprint density at radius 3 is 2.47 bits per heavy atom. The highest BCUT2D eigenvalue weighted by Gasteiger charge is 2.16. The number of ether oxygens (including phenoxy) is 1. The van der Waals surface area contributed by atoms with Gasteiger partial charge in [-0.05, 0) is 30.3 Å². The molecule has 0 aliphatic rings. The second-order valence-electron chi connectivity index (χ2n) is 7.61. The van der Waals surface area contributed by atoms with E-state index in [0.29, 0.717) is 11.4 Å². The van der Waals surface area contributed by atoms with Crippen LogP contribution < -0.4 is 26.9 Å². The third-order valence-electron chi connectivity index (χ3n) is 5.43. The maximum atomic E-state index is 12.5. The molecule has 1 N–H and O–H groups in total. The number of nitrogens with one attached hydrogen (secondary N) is 1. The summed E-state index contributed by atoms with van der Waals surface area (Å²) in [7, 11) is 4.46. The fraction of sp³-hybridized carbons (Fsp3) is 0.273. The Morgan fingerprint density at radius 2 is 1.76 bits per heavy atom. The summed E-state index contributed by atoms with van der Waals surface area (Å²) in [6, 6.07) is 10.3. The van der Waals surface area contributed by atoms with Gasteiger partial charge >= 0.3 is 5.69 Å². The van der Waals surface area contributed by atoms with Gasteiger partial charge in [-0.15, -0.1) is 0 Å². The SMILES string of the molecule is COc1ccc(-c2ccc(=O)n(CCNC(=O)Cn3cnc4c3c(=O)n(C)c(=O)n4C)n2)cc1. The molecule has 34 heavy (non-hydrogen) atoms. The molecule has 0 saturated carbocycles. The molecule has 0 spiro atoms. The molecule has 4 rings (SSSR count). The predicted octanol–water partition coefficient (Wildman–Crippen LogP) is -0.518. The van der Waals surface area contributed by atoms with E-state index in [-0.39, 0.29) is 42.3 Å². The Labute approximate surface area is 192 Å². The molecular weight excluding hydrogens is 442 g/mol. The molecule has 4 aromatic rings. The molecule has 0 fully saturated rings. The Balaban J connectivity index is 1.44. The average molecular weight is 465 g/mol. The van der Waals surface area contributed by atoms with Crippen LogP contribution in [0.5, 0.6) is 5.75 Å². The number of benzene rings is 1. The Morgan fingerprint density at radius 1 is 1.03 bits per heavy atom. The summed E-state index contributed by atoms with van der Waals surface area (Å²) in [5.41, 5.74) is 0.464. The summed E-state index contributed by atoms with van der Waals surface area (Å²) < 4.78 is 10.0. The van der Waals surface area contributed by atoms with Crippen LogP contribution in [0.4, 0.5) is 0 Å². The molecule has 0 aliphatic carbocycles. The number of carbonyl (C=O) groups excluding carboxylic acids is 1. The maximum Gasteiger partial charge on any atom is 0.332 e. The van der Waals surface area contributed by atoms with E-state index in [1.165, 1.54) is 40.3 Å². The zero-order chi connectivity index (χ0) is 24.4. The van der Waals surface area contributed by atoms with Gasteiger partial charge in [0.2, 0.25) is 5.91 Å². The third kappa shape index (κ3) is 4.25. The molecule has 0 unspecified atom stereocenters. The van der Waals surface area contributed by atoms with Crippen molar-refractivity contribution in [1.29, 1.82) is 0 Å². The van der Waals surface area contributed by atoms with Gasteiger partial charge in [0.05, 0.1) is 25.7 Å². The summed E-state index contributed by atoms with van der Waals surface area (Å²) in [5, 5.41) is 7.09. The topological polar surface area (TPSA) is 135 Å². The minimum atomic E-state index is -0.533. The van der Waals surface area contributed by atoms with E-state index in [1.807, 2.05) is 12.1 Å². The van der Waals surface area contributed by atoms with Gasteiger partial charge in [-0.1, -0.05) is 0 Å². The zero-order valence-electron chi connectivity index (χ0n) is 18.9. The van der Waals surface area contributed by atoms with Crippen LogP contribution in [-0.4, -0.2) is 48.0 Å². The maximum absolute atomic E-state index is 12.5. The lowest BCUT2D eigenvalue weighted by molar-refractivity contribution is -0.121. The molecule has 1 amide bonds. The van der Waals surface area contributed by atoms with Crippen LogP contribution in [0.15, 0.2) is 57.1 Å². The highest BCUT2D eigenvalue weighted by molar-refractivity contribution is 5.78. The van der Waals surface area contributed by atoms with E-state index in [4.69, 9.17) is 4.74 Å². The number of hydrogen-bond donors (Lipinski definition) is 1. The number of amides is 1. The molecule has 3 heterocycles. The van der Waals surface area contributed by atoms with Crippen molar-refractivity contribution in [2.24, 2.45) is 14.1 Å². The molecule has 176 valence electrons. The summed E-state index contributed by atoms with van der Waals surface area (Å²) in [6.07, 6.45) is 1.34. The van der Waals surface area contributed by atoms with E-state index in [1.54, 1.807) is 25.3 Å². The summed E-state index contributed by atoms with van der Waals surface area (Å²) in [4.78, 5) is 53.3. The molecule has 12 nitrogen and oxygen atoms in total. The molecule has 12 heteroatoms. The Kier molecular flexibility index (Phi) is 6.13. The Hall–Kier alpha value is -4.48. The van der Waals surface area contributed by atoms with Gasteiger partial charge in [0.1, 0.15) is 12.3 Å². The molecule has 0 bridgehead atoms. The van der Waals surface area contributed by atoms with Gasteiger partial charge < -0.3 is 14.6 Å². The normalized spacial score (nSPS) is 11.0. The summed E-state index contributed by atoms with van der Waals surface area (Å²) >= 11 is 0. The smallest absolute Gasteiger partial charge is 0.332 e. The summed E-state index contributed by atoms with van der Waals surface area (Å²) in [6.45, 7) is 0.147. The van der Waals surface area contributed by atoms with Crippen LogP contribution >= 0.6 is 0 Å². The number of rotatable bonds is 7. The highest BCUT2D eigenvalue weighted by atomic mass is 16.5. The van der Waals surface area contributed by atoms with Crippen LogP contribution in [0, 0.1) is 0 Å². The minimum Gasteiger partial charge on any atom is -0.497 e. The number of aromatic nitrogens is 6. The van der Waals surface area contributed by atoms with Crippen molar-refractivity contribution in [2.45, 2.75) is 13.1 Å². The van der Waals surface area contributed by atoms with Crippen LogP contribution in [0.2, 0.25) is 0 Å². The fourth-order valence-electron chi connectivity index (χ4n) is 3.55. The van der Waals surface area contributed by atoms with Crippen molar-refractivity contribution in [1.82, 2.24) is 33.8 Å². The zero-order valence-corrected chi connectivity index (χ0v) is 18.9. The van der Waals surface area contributed by atoms with Gasteiger partial charge in [0.25, 0.3) is 11.1 Å². The number of fused-ring (bicyclic) bond motifs is 1. The second-order valence-corrected chi connectivity index (χ2v) is 7.61. The van der Waals surface area contributed by atoms with E-state index < -0.39 is 11.2 Å². The number of imidazole rings is 1. The number of carbonyl (C=O) groups is 1. The van der Waals surface area contributed by atoms with E-state index >= 15 is 0 Å². The van der Waals surface area contributed by atoms with E-state index in [9.17, 15) is 19.2 Å². The van der Waals surface area contributed by atoms with Gasteiger partial charge in [0, 0.05) is 32.3 Å². The van der Waals surface area contributed by atoms with Crippen molar-refractivity contribution in [3.63, 3.8) is 0 Å². The van der Waals surface area contributed by atoms with Gasteiger partial charge in [-0.2, -0.15) is 5.10 Å². The van der Waals surface area contributed by atoms with Crippen LogP contribution in [0.3, 0.4) is 0 Å². The molecule has 0 aliphatic heterocycles.